The molecule has 0 aromatic rings. The van der Waals surface area contributed by atoms with Crippen LogP contribution >= 0.6 is 0 Å². The second-order valence-corrected chi connectivity index (χ2v) is 3.32. The zero-order valence-corrected chi connectivity index (χ0v) is 6.64. The van der Waals surface area contributed by atoms with Gasteiger partial charge in [-0.15, -0.1) is 0 Å². The Bertz CT molecular complexity index is 129. The Morgan fingerprint density at radius 1 is 1.80 bits per heavy atom. The zero-order chi connectivity index (χ0) is 7.56. The molecular formula is C9H16O. The molecule has 0 amide bonds. The molecule has 0 saturated heterocycles. The van der Waals surface area contributed by atoms with Crippen LogP contribution in [-0.4, -0.2) is 11.7 Å². The lowest BCUT2D eigenvalue weighted by Crippen LogP contribution is -2.12. The van der Waals surface area contributed by atoms with Gasteiger partial charge in [-0.05, 0) is 31.1 Å². The summed E-state index contributed by atoms with van der Waals surface area (Å²) in [7, 11) is 0. The van der Waals surface area contributed by atoms with Crippen molar-refractivity contribution in [3.8, 4) is 0 Å². The highest BCUT2D eigenvalue weighted by molar-refractivity contribution is 5.06. The SMILES string of the molecule is C=C1CCCC1C(C)CO. The average molecular weight is 140 g/mol. The largest absolute Gasteiger partial charge is 0.396 e. The summed E-state index contributed by atoms with van der Waals surface area (Å²) in [5.74, 6) is 1.03. The predicted octanol–water partition coefficient (Wildman–Crippen LogP) is 1.97. The van der Waals surface area contributed by atoms with Crippen LogP contribution in [0.2, 0.25) is 0 Å². The molecule has 0 radical (unpaired) electrons. The van der Waals surface area contributed by atoms with E-state index >= 15 is 0 Å². The van der Waals surface area contributed by atoms with Gasteiger partial charge in [0.25, 0.3) is 0 Å². The molecule has 0 aromatic carbocycles. The summed E-state index contributed by atoms with van der Waals surface area (Å²) in [6, 6.07) is 0. The van der Waals surface area contributed by atoms with Crippen LogP contribution in [0.4, 0.5) is 0 Å². The Morgan fingerprint density at radius 2 is 2.50 bits per heavy atom. The maximum absolute atomic E-state index is 8.87. The van der Waals surface area contributed by atoms with Gasteiger partial charge in [0.15, 0.2) is 0 Å². The summed E-state index contributed by atoms with van der Waals surface area (Å²) < 4.78 is 0. The smallest absolute Gasteiger partial charge is 0.0462 e. The number of hydrogen-bond acceptors (Lipinski definition) is 1. The van der Waals surface area contributed by atoms with E-state index < -0.39 is 0 Å². The summed E-state index contributed by atoms with van der Waals surface area (Å²) in [5, 5.41) is 8.87. The third-order valence-corrected chi connectivity index (χ3v) is 2.51. The normalized spacial score (nSPS) is 29.0. The molecule has 58 valence electrons. The third-order valence-electron chi connectivity index (χ3n) is 2.51. The number of aliphatic hydroxyl groups is 1. The molecular weight excluding hydrogens is 124 g/mol. The molecule has 2 atom stereocenters. The Morgan fingerprint density at radius 3 is 2.90 bits per heavy atom. The highest BCUT2D eigenvalue weighted by Gasteiger charge is 2.23. The van der Waals surface area contributed by atoms with Crippen molar-refractivity contribution >= 4 is 0 Å². The van der Waals surface area contributed by atoms with E-state index in [1.807, 2.05) is 0 Å². The third kappa shape index (κ3) is 1.40. The summed E-state index contributed by atoms with van der Waals surface area (Å²) >= 11 is 0. The first-order valence-corrected chi connectivity index (χ1v) is 4.04. The van der Waals surface area contributed by atoms with Crippen LogP contribution in [0.15, 0.2) is 12.2 Å². The average Bonchev–Trinajstić information content (AvgIpc) is 2.34. The Balaban J connectivity index is 2.46. The number of aliphatic hydroxyl groups excluding tert-OH is 1. The van der Waals surface area contributed by atoms with Gasteiger partial charge in [0.2, 0.25) is 0 Å². The van der Waals surface area contributed by atoms with Gasteiger partial charge in [0, 0.05) is 6.61 Å². The molecule has 1 aliphatic carbocycles. The molecule has 0 heterocycles. The van der Waals surface area contributed by atoms with Crippen molar-refractivity contribution in [1.29, 1.82) is 0 Å². The zero-order valence-electron chi connectivity index (χ0n) is 6.64. The van der Waals surface area contributed by atoms with Gasteiger partial charge in [-0.1, -0.05) is 19.1 Å². The van der Waals surface area contributed by atoms with Crippen molar-refractivity contribution in [2.45, 2.75) is 26.2 Å². The minimum atomic E-state index is 0.309. The monoisotopic (exact) mass is 140 g/mol. The lowest BCUT2D eigenvalue weighted by molar-refractivity contribution is 0.204. The maximum atomic E-state index is 8.87. The summed E-state index contributed by atoms with van der Waals surface area (Å²) in [4.78, 5) is 0. The number of allylic oxidation sites excluding steroid dienone is 1. The van der Waals surface area contributed by atoms with Crippen LogP contribution < -0.4 is 0 Å². The quantitative estimate of drug-likeness (QED) is 0.581. The van der Waals surface area contributed by atoms with Crippen molar-refractivity contribution in [3.05, 3.63) is 12.2 Å². The second-order valence-electron chi connectivity index (χ2n) is 3.32. The molecule has 1 nitrogen and oxygen atoms in total. The Kier molecular flexibility index (Phi) is 2.50. The molecule has 1 heteroatoms. The van der Waals surface area contributed by atoms with Gasteiger partial charge in [-0.2, -0.15) is 0 Å². The van der Waals surface area contributed by atoms with E-state index in [2.05, 4.69) is 13.5 Å². The highest BCUT2D eigenvalue weighted by atomic mass is 16.3. The molecule has 1 aliphatic rings. The van der Waals surface area contributed by atoms with Crippen molar-refractivity contribution < 1.29 is 5.11 Å². The summed E-state index contributed by atoms with van der Waals surface area (Å²) in [5.41, 5.74) is 1.35. The lowest BCUT2D eigenvalue weighted by Gasteiger charge is -2.16. The maximum Gasteiger partial charge on any atom is 0.0462 e. The lowest BCUT2D eigenvalue weighted by atomic mass is 9.91. The van der Waals surface area contributed by atoms with Crippen molar-refractivity contribution in [2.75, 3.05) is 6.61 Å². The predicted molar refractivity (Wildman–Crippen MR) is 42.7 cm³/mol. The molecule has 1 fully saturated rings. The van der Waals surface area contributed by atoms with Gasteiger partial charge < -0.3 is 5.11 Å². The van der Waals surface area contributed by atoms with Crippen LogP contribution in [0.1, 0.15) is 26.2 Å². The van der Waals surface area contributed by atoms with Crippen LogP contribution in [0.25, 0.3) is 0 Å². The van der Waals surface area contributed by atoms with Gasteiger partial charge in [-0.3, -0.25) is 0 Å². The fraction of sp³-hybridized carbons (Fsp3) is 0.778. The first-order chi connectivity index (χ1) is 4.75. The molecule has 0 spiro atoms. The fourth-order valence-corrected chi connectivity index (χ4v) is 1.75. The van der Waals surface area contributed by atoms with Crippen molar-refractivity contribution in [1.82, 2.24) is 0 Å². The van der Waals surface area contributed by atoms with E-state index in [-0.39, 0.29) is 0 Å². The first-order valence-electron chi connectivity index (χ1n) is 4.04. The van der Waals surface area contributed by atoms with E-state index in [0.29, 0.717) is 18.4 Å². The topological polar surface area (TPSA) is 20.2 Å². The first kappa shape index (κ1) is 7.80. The van der Waals surface area contributed by atoms with E-state index in [1.165, 1.54) is 24.8 Å². The van der Waals surface area contributed by atoms with Crippen molar-refractivity contribution in [3.63, 3.8) is 0 Å². The van der Waals surface area contributed by atoms with Crippen LogP contribution in [0.3, 0.4) is 0 Å². The standard InChI is InChI=1S/C9H16O/c1-7-4-3-5-9(7)8(2)6-10/h8-10H,1,3-6H2,2H3. The second kappa shape index (κ2) is 3.20. The van der Waals surface area contributed by atoms with Gasteiger partial charge in [0.05, 0.1) is 0 Å². The van der Waals surface area contributed by atoms with Gasteiger partial charge in [-0.25, -0.2) is 0 Å². The van der Waals surface area contributed by atoms with E-state index in [1.54, 1.807) is 0 Å². The molecule has 1 N–H and O–H groups in total. The molecule has 1 rings (SSSR count). The van der Waals surface area contributed by atoms with E-state index in [4.69, 9.17) is 5.11 Å². The number of hydrogen-bond donors (Lipinski definition) is 1. The molecule has 0 aromatic heterocycles. The van der Waals surface area contributed by atoms with Crippen LogP contribution in [0.5, 0.6) is 0 Å². The molecule has 10 heavy (non-hydrogen) atoms. The van der Waals surface area contributed by atoms with Crippen LogP contribution in [-0.2, 0) is 0 Å². The molecule has 0 aliphatic heterocycles. The van der Waals surface area contributed by atoms with Crippen molar-refractivity contribution in [2.24, 2.45) is 11.8 Å². The van der Waals surface area contributed by atoms with Gasteiger partial charge >= 0.3 is 0 Å². The number of rotatable bonds is 2. The van der Waals surface area contributed by atoms with E-state index in [0.717, 1.165) is 0 Å². The minimum absolute atomic E-state index is 0.309. The minimum Gasteiger partial charge on any atom is -0.396 e. The highest BCUT2D eigenvalue weighted by Crippen LogP contribution is 2.34. The Labute approximate surface area is 62.8 Å². The Hall–Kier alpha value is -0.300. The molecule has 0 bridgehead atoms. The van der Waals surface area contributed by atoms with E-state index in [9.17, 15) is 0 Å². The van der Waals surface area contributed by atoms with Gasteiger partial charge in [0.1, 0.15) is 0 Å². The molecule has 2 unspecified atom stereocenters. The fourth-order valence-electron chi connectivity index (χ4n) is 1.75. The van der Waals surface area contributed by atoms with Crippen LogP contribution in [0, 0.1) is 11.8 Å². The summed E-state index contributed by atoms with van der Waals surface area (Å²) in [6.07, 6.45) is 3.68. The summed E-state index contributed by atoms with van der Waals surface area (Å²) in [6.45, 7) is 6.40. The molecule has 1 saturated carbocycles.